The van der Waals surface area contributed by atoms with E-state index in [1.807, 2.05) is 6.92 Å². The Morgan fingerprint density at radius 2 is 2.00 bits per heavy atom. The van der Waals surface area contributed by atoms with Crippen molar-refractivity contribution in [1.82, 2.24) is 0 Å². The van der Waals surface area contributed by atoms with E-state index in [-0.39, 0.29) is 11.3 Å². The minimum atomic E-state index is 0.0787. The molecule has 0 aromatic carbocycles. The molecule has 0 aromatic heterocycles. The quantitative estimate of drug-likeness (QED) is 0.561. The van der Waals surface area contributed by atoms with E-state index in [1.165, 1.54) is 11.8 Å². The average molecular weight is 210 g/mol. The van der Waals surface area contributed by atoms with Crippen molar-refractivity contribution in [2.45, 2.75) is 41.0 Å². The molecule has 0 amide bonds. The Morgan fingerprint density at radius 3 is 2.47 bits per heavy atom. The molecule has 0 saturated carbocycles. The van der Waals surface area contributed by atoms with Gasteiger partial charge in [-0.2, -0.15) is 0 Å². The van der Waals surface area contributed by atoms with Gasteiger partial charge in [0.1, 0.15) is 0 Å². The number of allylic oxidation sites excluding steroid dienone is 1. The Labute approximate surface area is 92.8 Å². The standard InChI is InChI=1S/C12H22N2O/c1-6-10(2)7-14-8-11(13)15-9-12(3,4)5/h7-8,13H,6,9H2,1-5H3/b10-7-,13-11?,14-8-. The molecule has 1 N–H and O–H groups in total. The second kappa shape index (κ2) is 6.38. The van der Waals surface area contributed by atoms with E-state index in [9.17, 15) is 0 Å². The molecule has 0 heterocycles. The largest absolute Gasteiger partial charge is 0.476 e. The highest BCUT2D eigenvalue weighted by Crippen LogP contribution is 2.12. The highest BCUT2D eigenvalue weighted by atomic mass is 16.5. The van der Waals surface area contributed by atoms with E-state index in [0.29, 0.717) is 6.61 Å². The van der Waals surface area contributed by atoms with Gasteiger partial charge in [-0.15, -0.1) is 0 Å². The zero-order chi connectivity index (χ0) is 11.9. The van der Waals surface area contributed by atoms with Crippen molar-refractivity contribution in [3.05, 3.63) is 11.8 Å². The van der Waals surface area contributed by atoms with E-state index in [1.54, 1.807) is 6.20 Å². The lowest BCUT2D eigenvalue weighted by atomic mass is 9.99. The van der Waals surface area contributed by atoms with Gasteiger partial charge in [0.25, 0.3) is 0 Å². The molecule has 0 atom stereocenters. The summed E-state index contributed by atoms with van der Waals surface area (Å²) in [6, 6.07) is 0. The molecule has 0 aliphatic carbocycles. The maximum atomic E-state index is 7.47. The van der Waals surface area contributed by atoms with Gasteiger partial charge in [-0.05, 0) is 18.8 Å². The summed E-state index contributed by atoms with van der Waals surface area (Å²) in [7, 11) is 0. The van der Waals surface area contributed by atoms with Gasteiger partial charge in [0, 0.05) is 6.20 Å². The number of nitrogens with zero attached hydrogens (tertiary/aromatic N) is 1. The van der Waals surface area contributed by atoms with Crippen molar-refractivity contribution in [1.29, 1.82) is 5.41 Å². The van der Waals surface area contributed by atoms with Crippen LogP contribution in [0.2, 0.25) is 0 Å². The van der Waals surface area contributed by atoms with Gasteiger partial charge in [-0.25, -0.2) is 0 Å². The summed E-state index contributed by atoms with van der Waals surface area (Å²) in [6.45, 7) is 10.8. The number of nitrogens with one attached hydrogen (secondary N) is 1. The van der Waals surface area contributed by atoms with Crippen LogP contribution in [0.5, 0.6) is 0 Å². The fourth-order valence-electron chi connectivity index (χ4n) is 0.655. The summed E-state index contributed by atoms with van der Waals surface area (Å²) in [5.41, 5.74) is 1.27. The topological polar surface area (TPSA) is 45.4 Å². The van der Waals surface area contributed by atoms with Crippen LogP contribution in [-0.4, -0.2) is 18.7 Å². The second-order valence-electron chi connectivity index (χ2n) is 4.82. The Balaban J connectivity index is 3.95. The van der Waals surface area contributed by atoms with Crippen molar-refractivity contribution in [3.8, 4) is 0 Å². The van der Waals surface area contributed by atoms with E-state index < -0.39 is 0 Å². The first-order valence-electron chi connectivity index (χ1n) is 5.25. The highest BCUT2D eigenvalue weighted by molar-refractivity contribution is 6.24. The summed E-state index contributed by atoms with van der Waals surface area (Å²) in [5, 5.41) is 7.47. The summed E-state index contributed by atoms with van der Waals surface area (Å²) >= 11 is 0. The lowest BCUT2D eigenvalue weighted by molar-refractivity contribution is 0.190. The normalized spacial score (nSPS) is 13.3. The van der Waals surface area contributed by atoms with Gasteiger partial charge in [-0.1, -0.05) is 33.3 Å². The van der Waals surface area contributed by atoms with Crippen molar-refractivity contribution in [2.24, 2.45) is 10.4 Å². The van der Waals surface area contributed by atoms with E-state index in [0.717, 1.165) is 6.42 Å². The van der Waals surface area contributed by atoms with E-state index in [2.05, 4.69) is 32.7 Å². The van der Waals surface area contributed by atoms with Crippen LogP contribution in [0.15, 0.2) is 16.8 Å². The van der Waals surface area contributed by atoms with Crippen LogP contribution >= 0.6 is 0 Å². The molecule has 3 heteroatoms. The summed E-state index contributed by atoms with van der Waals surface area (Å²) in [6.07, 6.45) is 4.17. The van der Waals surface area contributed by atoms with E-state index >= 15 is 0 Å². The van der Waals surface area contributed by atoms with Gasteiger partial charge >= 0.3 is 0 Å². The minimum Gasteiger partial charge on any atom is -0.476 e. The molecule has 0 saturated heterocycles. The predicted molar refractivity (Wildman–Crippen MR) is 65.7 cm³/mol. The molecule has 0 rings (SSSR count). The SMILES string of the molecule is CC/C(C)=C\N=C/C(=N)OCC(C)(C)C. The molecule has 0 aromatic rings. The van der Waals surface area contributed by atoms with E-state index in [4.69, 9.17) is 10.1 Å². The predicted octanol–water partition coefficient (Wildman–Crippen LogP) is 3.41. The van der Waals surface area contributed by atoms with Crippen molar-refractivity contribution in [2.75, 3.05) is 6.61 Å². The maximum absolute atomic E-state index is 7.47. The zero-order valence-electron chi connectivity index (χ0n) is 10.4. The number of ether oxygens (including phenoxy) is 1. The minimum absolute atomic E-state index is 0.0787. The van der Waals surface area contributed by atoms with Crippen LogP contribution in [0.25, 0.3) is 0 Å². The first-order chi connectivity index (χ1) is 6.85. The molecule has 0 unspecified atom stereocenters. The molecule has 0 fully saturated rings. The van der Waals surface area contributed by atoms with Crippen LogP contribution in [0, 0.1) is 10.8 Å². The molecule has 0 spiro atoms. The van der Waals surface area contributed by atoms with Crippen LogP contribution in [0.1, 0.15) is 41.0 Å². The van der Waals surface area contributed by atoms with Gasteiger partial charge in [0.15, 0.2) is 0 Å². The number of hydrogen-bond donors (Lipinski definition) is 1. The second-order valence-corrected chi connectivity index (χ2v) is 4.82. The van der Waals surface area contributed by atoms with Crippen LogP contribution in [0.4, 0.5) is 0 Å². The molecule has 15 heavy (non-hydrogen) atoms. The van der Waals surface area contributed by atoms with Crippen molar-refractivity contribution in [3.63, 3.8) is 0 Å². The number of rotatable bonds is 4. The third kappa shape index (κ3) is 9.19. The average Bonchev–Trinajstić information content (AvgIpc) is 2.13. The van der Waals surface area contributed by atoms with Crippen LogP contribution < -0.4 is 0 Å². The number of hydrogen-bond acceptors (Lipinski definition) is 3. The Morgan fingerprint density at radius 1 is 1.40 bits per heavy atom. The molecular formula is C12H22N2O. The Bertz CT molecular complexity index is 259. The molecule has 0 bridgehead atoms. The highest BCUT2D eigenvalue weighted by Gasteiger charge is 2.11. The first kappa shape index (κ1) is 13.9. The van der Waals surface area contributed by atoms with Gasteiger partial charge in [-0.3, -0.25) is 10.4 Å². The third-order valence-electron chi connectivity index (χ3n) is 1.71. The molecule has 0 radical (unpaired) electrons. The summed E-state index contributed by atoms with van der Waals surface area (Å²) in [5.74, 6) is 0.116. The Kier molecular flexibility index (Phi) is 5.90. The fourth-order valence-corrected chi connectivity index (χ4v) is 0.655. The lowest BCUT2D eigenvalue weighted by Crippen LogP contribution is -2.18. The number of aliphatic imine (C=N–C) groups is 1. The van der Waals surface area contributed by atoms with Crippen molar-refractivity contribution >= 4 is 12.1 Å². The molecule has 86 valence electrons. The maximum Gasteiger partial charge on any atom is 0.224 e. The zero-order valence-corrected chi connectivity index (χ0v) is 10.4. The third-order valence-corrected chi connectivity index (χ3v) is 1.71. The fraction of sp³-hybridized carbons (Fsp3) is 0.667. The molecule has 0 aliphatic heterocycles. The monoisotopic (exact) mass is 210 g/mol. The van der Waals surface area contributed by atoms with Gasteiger partial charge < -0.3 is 4.74 Å². The van der Waals surface area contributed by atoms with Crippen LogP contribution in [0.3, 0.4) is 0 Å². The van der Waals surface area contributed by atoms with Crippen LogP contribution in [-0.2, 0) is 4.74 Å². The Hall–Kier alpha value is -1.12. The molecule has 3 nitrogen and oxygen atoms in total. The van der Waals surface area contributed by atoms with Gasteiger partial charge in [0.05, 0.1) is 12.8 Å². The summed E-state index contributed by atoms with van der Waals surface area (Å²) in [4.78, 5) is 4.01. The summed E-state index contributed by atoms with van der Waals surface area (Å²) < 4.78 is 5.23. The smallest absolute Gasteiger partial charge is 0.224 e. The van der Waals surface area contributed by atoms with Crippen molar-refractivity contribution < 1.29 is 4.74 Å². The first-order valence-corrected chi connectivity index (χ1v) is 5.25. The molecular weight excluding hydrogens is 188 g/mol. The lowest BCUT2D eigenvalue weighted by Gasteiger charge is -2.17. The van der Waals surface area contributed by atoms with Gasteiger partial charge in [0.2, 0.25) is 5.90 Å². The molecule has 0 aliphatic rings.